The number of aromatic nitrogens is 4. The van der Waals surface area contributed by atoms with Crippen LogP contribution in [-0.2, 0) is 13.0 Å². The second-order valence-corrected chi connectivity index (χ2v) is 5.95. The zero-order valence-electron chi connectivity index (χ0n) is 11.7. The summed E-state index contributed by atoms with van der Waals surface area (Å²) in [7, 11) is 0. The van der Waals surface area contributed by atoms with E-state index < -0.39 is 0 Å². The molecule has 5 nitrogen and oxygen atoms in total. The van der Waals surface area contributed by atoms with Crippen LogP contribution >= 0.6 is 0 Å². The molecule has 2 atom stereocenters. The third kappa shape index (κ3) is 1.93. The molecule has 1 saturated heterocycles. The molecule has 0 bridgehead atoms. The molecule has 0 spiro atoms. The highest BCUT2D eigenvalue weighted by molar-refractivity contribution is 5.11. The molecule has 0 unspecified atom stereocenters. The minimum Gasteiger partial charge on any atom is -0.310 e. The second-order valence-electron chi connectivity index (χ2n) is 5.95. The normalized spacial score (nSPS) is 25.4. The highest BCUT2D eigenvalue weighted by atomic mass is 15.3. The third-order valence-electron chi connectivity index (χ3n) is 4.62. The van der Waals surface area contributed by atoms with Crippen molar-refractivity contribution in [2.45, 2.75) is 32.4 Å². The summed E-state index contributed by atoms with van der Waals surface area (Å²) in [6.07, 6.45) is 6.12. The van der Waals surface area contributed by atoms with Crippen molar-refractivity contribution in [3.63, 3.8) is 0 Å². The Morgan fingerprint density at radius 1 is 1.30 bits per heavy atom. The highest BCUT2D eigenvalue weighted by Gasteiger charge is 2.38. The van der Waals surface area contributed by atoms with E-state index in [4.69, 9.17) is 0 Å². The first-order chi connectivity index (χ1) is 9.81. The summed E-state index contributed by atoms with van der Waals surface area (Å²) >= 11 is 0. The van der Waals surface area contributed by atoms with E-state index in [1.807, 2.05) is 18.5 Å². The molecule has 1 fully saturated rings. The van der Waals surface area contributed by atoms with E-state index in [0.29, 0.717) is 6.04 Å². The Bertz CT molecular complexity index is 606. The molecule has 0 aliphatic carbocycles. The van der Waals surface area contributed by atoms with Crippen LogP contribution in [-0.4, -0.2) is 37.7 Å². The third-order valence-corrected chi connectivity index (χ3v) is 4.62. The van der Waals surface area contributed by atoms with Gasteiger partial charge in [-0.15, -0.1) is 10.2 Å². The van der Waals surface area contributed by atoms with E-state index in [9.17, 15) is 0 Å². The molecular formula is C15H19N5. The van der Waals surface area contributed by atoms with Crippen LogP contribution in [0.3, 0.4) is 0 Å². The number of likely N-dealkylation sites (tertiary alicyclic amines) is 1. The molecule has 2 aliphatic rings. The lowest BCUT2D eigenvalue weighted by atomic mass is 9.94. The van der Waals surface area contributed by atoms with Gasteiger partial charge in [0.25, 0.3) is 0 Å². The zero-order chi connectivity index (χ0) is 13.5. The van der Waals surface area contributed by atoms with Crippen molar-refractivity contribution >= 4 is 0 Å². The van der Waals surface area contributed by atoms with Gasteiger partial charge in [-0.1, -0.05) is 6.07 Å². The largest absolute Gasteiger partial charge is 0.310 e. The van der Waals surface area contributed by atoms with Gasteiger partial charge in [-0.05, 0) is 30.9 Å². The Labute approximate surface area is 118 Å². The van der Waals surface area contributed by atoms with Crippen molar-refractivity contribution in [3.05, 3.63) is 41.7 Å². The summed E-state index contributed by atoms with van der Waals surface area (Å²) in [4.78, 5) is 6.75. The molecule has 0 radical (unpaired) electrons. The predicted molar refractivity (Wildman–Crippen MR) is 75.1 cm³/mol. The minimum atomic E-state index is 0.561. The molecule has 4 heterocycles. The maximum atomic E-state index is 4.31. The van der Waals surface area contributed by atoms with Crippen molar-refractivity contribution in [1.82, 2.24) is 24.6 Å². The van der Waals surface area contributed by atoms with E-state index in [-0.39, 0.29) is 0 Å². The first kappa shape index (κ1) is 12.0. The second kappa shape index (κ2) is 4.66. The van der Waals surface area contributed by atoms with E-state index in [1.165, 1.54) is 24.4 Å². The SMILES string of the molecule is Cc1nnc2n1[C@H]1CN(Cc3cccnc3)C[C@H]1CC2. The van der Waals surface area contributed by atoms with Crippen molar-refractivity contribution in [1.29, 1.82) is 0 Å². The van der Waals surface area contributed by atoms with Crippen molar-refractivity contribution in [2.24, 2.45) is 5.92 Å². The molecule has 4 rings (SSSR count). The Hall–Kier alpha value is -1.75. The molecule has 2 aromatic heterocycles. The first-order valence-electron chi connectivity index (χ1n) is 7.33. The highest BCUT2D eigenvalue weighted by Crippen LogP contribution is 2.37. The van der Waals surface area contributed by atoms with Gasteiger partial charge >= 0.3 is 0 Å². The number of rotatable bonds is 2. The van der Waals surface area contributed by atoms with Gasteiger partial charge in [-0.3, -0.25) is 9.88 Å². The van der Waals surface area contributed by atoms with Crippen LogP contribution in [0.4, 0.5) is 0 Å². The zero-order valence-corrected chi connectivity index (χ0v) is 11.7. The summed E-state index contributed by atoms with van der Waals surface area (Å²) in [5, 5.41) is 8.56. The number of pyridine rings is 1. The summed E-state index contributed by atoms with van der Waals surface area (Å²) in [5.41, 5.74) is 1.30. The fraction of sp³-hybridized carbons (Fsp3) is 0.533. The van der Waals surface area contributed by atoms with Gasteiger partial charge in [0.1, 0.15) is 11.6 Å². The Morgan fingerprint density at radius 3 is 3.10 bits per heavy atom. The van der Waals surface area contributed by atoms with Crippen LogP contribution in [0.15, 0.2) is 24.5 Å². The molecule has 20 heavy (non-hydrogen) atoms. The fourth-order valence-electron chi connectivity index (χ4n) is 3.73. The topological polar surface area (TPSA) is 46.8 Å². The Kier molecular flexibility index (Phi) is 2.80. The lowest BCUT2D eigenvalue weighted by Gasteiger charge is -2.27. The fourth-order valence-corrected chi connectivity index (χ4v) is 3.73. The molecule has 2 aliphatic heterocycles. The van der Waals surface area contributed by atoms with Crippen molar-refractivity contribution in [3.8, 4) is 0 Å². The van der Waals surface area contributed by atoms with Crippen molar-refractivity contribution in [2.75, 3.05) is 13.1 Å². The number of hydrogen-bond acceptors (Lipinski definition) is 4. The number of fused-ring (bicyclic) bond motifs is 3. The molecule has 5 heteroatoms. The van der Waals surface area contributed by atoms with E-state index in [2.05, 4.69) is 37.6 Å². The summed E-state index contributed by atoms with van der Waals surface area (Å²) in [5.74, 6) is 2.98. The average Bonchev–Trinajstić information content (AvgIpc) is 3.03. The molecule has 2 aromatic rings. The van der Waals surface area contributed by atoms with Crippen LogP contribution in [0.25, 0.3) is 0 Å². The van der Waals surface area contributed by atoms with Crippen LogP contribution < -0.4 is 0 Å². The smallest absolute Gasteiger partial charge is 0.133 e. The Balaban J connectivity index is 1.54. The van der Waals surface area contributed by atoms with E-state index in [1.54, 1.807) is 0 Å². The molecule has 0 aromatic carbocycles. The maximum Gasteiger partial charge on any atom is 0.133 e. The standard InChI is InChI=1S/C15H19N5/c1-11-17-18-15-5-4-13-9-19(10-14(13)20(11)15)8-12-3-2-6-16-7-12/h2-3,6-7,13-14H,4-5,8-10H2,1H3/t13-,14+/m1/s1. The molecular weight excluding hydrogens is 250 g/mol. The molecule has 104 valence electrons. The molecule has 0 amide bonds. The van der Waals surface area contributed by atoms with Gasteiger partial charge in [-0.25, -0.2) is 0 Å². The quantitative estimate of drug-likeness (QED) is 0.831. The van der Waals surface area contributed by atoms with Gasteiger partial charge in [0.05, 0.1) is 6.04 Å². The van der Waals surface area contributed by atoms with Gasteiger partial charge in [0.15, 0.2) is 0 Å². The number of aryl methyl sites for hydroxylation is 2. The number of hydrogen-bond donors (Lipinski definition) is 0. The summed E-state index contributed by atoms with van der Waals surface area (Å²) in [6, 6.07) is 4.73. The lowest BCUT2D eigenvalue weighted by Crippen LogP contribution is -2.26. The monoisotopic (exact) mass is 269 g/mol. The lowest BCUT2D eigenvalue weighted by molar-refractivity contribution is 0.313. The van der Waals surface area contributed by atoms with E-state index in [0.717, 1.165) is 31.3 Å². The van der Waals surface area contributed by atoms with Crippen LogP contribution in [0, 0.1) is 12.8 Å². The summed E-state index contributed by atoms with van der Waals surface area (Å²) < 4.78 is 2.37. The van der Waals surface area contributed by atoms with Crippen LogP contribution in [0.1, 0.15) is 29.7 Å². The van der Waals surface area contributed by atoms with Crippen LogP contribution in [0.5, 0.6) is 0 Å². The van der Waals surface area contributed by atoms with Crippen LogP contribution in [0.2, 0.25) is 0 Å². The van der Waals surface area contributed by atoms with Crippen molar-refractivity contribution < 1.29 is 0 Å². The first-order valence-corrected chi connectivity index (χ1v) is 7.33. The Morgan fingerprint density at radius 2 is 2.25 bits per heavy atom. The minimum absolute atomic E-state index is 0.561. The molecule has 0 saturated carbocycles. The van der Waals surface area contributed by atoms with Gasteiger partial charge in [-0.2, -0.15) is 0 Å². The predicted octanol–water partition coefficient (Wildman–Crippen LogP) is 1.60. The van der Waals surface area contributed by atoms with Gasteiger partial charge < -0.3 is 4.57 Å². The van der Waals surface area contributed by atoms with E-state index >= 15 is 0 Å². The maximum absolute atomic E-state index is 4.31. The number of nitrogens with zero attached hydrogens (tertiary/aromatic N) is 5. The molecule has 0 N–H and O–H groups in total. The van der Waals surface area contributed by atoms with Gasteiger partial charge in [0.2, 0.25) is 0 Å². The van der Waals surface area contributed by atoms with Gasteiger partial charge in [0, 0.05) is 38.4 Å². The average molecular weight is 269 g/mol. The summed E-state index contributed by atoms with van der Waals surface area (Å²) in [6.45, 7) is 5.35.